The number of anilines is 1. The van der Waals surface area contributed by atoms with Crippen molar-refractivity contribution in [1.82, 2.24) is 4.90 Å². The molecule has 0 unspecified atom stereocenters. The molecule has 0 atom stereocenters. The molecule has 18 heavy (non-hydrogen) atoms. The molecule has 5 nitrogen and oxygen atoms in total. The van der Waals surface area contributed by atoms with Crippen molar-refractivity contribution in [2.24, 2.45) is 0 Å². The van der Waals surface area contributed by atoms with Gasteiger partial charge in [-0.2, -0.15) is 0 Å². The lowest BCUT2D eigenvalue weighted by Crippen LogP contribution is -2.16. The van der Waals surface area contributed by atoms with Gasteiger partial charge in [0, 0.05) is 6.54 Å². The van der Waals surface area contributed by atoms with Crippen LogP contribution in [0.25, 0.3) is 0 Å². The number of rotatable bonds is 6. The second-order valence-electron chi connectivity index (χ2n) is 4.44. The van der Waals surface area contributed by atoms with E-state index in [1.807, 2.05) is 27.1 Å². The van der Waals surface area contributed by atoms with E-state index in [0.717, 1.165) is 18.5 Å². The van der Waals surface area contributed by atoms with E-state index in [9.17, 15) is 4.79 Å². The zero-order chi connectivity index (χ0) is 13.5. The number of hydrogen-bond donors (Lipinski definition) is 2. The number of nitrogens with one attached hydrogen (secondary N) is 1. The monoisotopic (exact) mass is 252 g/mol. The summed E-state index contributed by atoms with van der Waals surface area (Å²) in [6.45, 7) is 3.41. The minimum atomic E-state index is -1.08. The van der Waals surface area contributed by atoms with Gasteiger partial charge >= 0.3 is 6.09 Å². The van der Waals surface area contributed by atoms with Crippen molar-refractivity contribution < 1.29 is 14.6 Å². The normalized spacial score (nSPS) is 10.4. The summed E-state index contributed by atoms with van der Waals surface area (Å²) in [5, 5.41) is 11.1. The van der Waals surface area contributed by atoms with Crippen LogP contribution in [0.1, 0.15) is 12.0 Å². The van der Waals surface area contributed by atoms with Crippen LogP contribution in [0, 0.1) is 6.92 Å². The Morgan fingerprint density at radius 2 is 2.17 bits per heavy atom. The average molecular weight is 252 g/mol. The second-order valence-corrected chi connectivity index (χ2v) is 4.44. The van der Waals surface area contributed by atoms with Crippen molar-refractivity contribution in [3.63, 3.8) is 0 Å². The van der Waals surface area contributed by atoms with Crippen LogP contribution in [0.15, 0.2) is 18.2 Å². The first kappa shape index (κ1) is 14.3. The molecule has 0 radical (unpaired) electrons. The van der Waals surface area contributed by atoms with Crippen molar-refractivity contribution in [3.8, 4) is 5.75 Å². The SMILES string of the molecule is Cc1ccc(OCCCN(C)C)c(NC(=O)O)c1. The molecule has 0 bridgehead atoms. The first-order valence-corrected chi connectivity index (χ1v) is 5.87. The lowest BCUT2D eigenvalue weighted by atomic mass is 10.2. The van der Waals surface area contributed by atoms with Crippen LogP contribution in [0.4, 0.5) is 10.5 Å². The minimum Gasteiger partial charge on any atom is -0.491 e. The van der Waals surface area contributed by atoms with E-state index in [4.69, 9.17) is 9.84 Å². The highest BCUT2D eigenvalue weighted by Gasteiger charge is 2.07. The maximum Gasteiger partial charge on any atom is 0.409 e. The van der Waals surface area contributed by atoms with Crippen LogP contribution < -0.4 is 10.1 Å². The van der Waals surface area contributed by atoms with Gasteiger partial charge in [0.1, 0.15) is 5.75 Å². The lowest BCUT2D eigenvalue weighted by Gasteiger charge is -2.13. The van der Waals surface area contributed by atoms with Crippen molar-refractivity contribution >= 4 is 11.8 Å². The van der Waals surface area contributed by atoms with Gasteiger partial charge in [0.25, 0.3) is 0 Å². The Labute approximate surface area is 107 Å². The summed E-state index contributed by atoms with van der Waals surface area (Å²) in [5.41, 5.74) is 1.48. The van der Waals surface area contributed by atoms with Gasteiger partial charge in [0.05, 0.1) is 12.3 Å². The molecule has 0 spiro atoms. The third-order valence-corrected chi connectivity index (χ3v) is 2.38. The molecule has 0 aliphatic heterocycles. The third kappa shape index (κ3) is 5.05. The number of hydrogen-bond acceptors (Lipinski definition) is 3. The molecule has 0 aliphatic rings. The fourth-order valence-corrected chi connectivity index (χ4v) is 1.55. The average Bonchev–Trinajstić information content (AvgIpc) is 2.25. The Morgan fingerprint density at radius 3 is 2.78 bits per heavy atom. The molecule has 5 heteroatoms. The van der Waals surface area contributed by atoms with Crippen LogP contribution in [0.2, 0.25) is 0 Å². The topological polar surface area (TPSA) is 61.8 Å². The maximum absolute atomic E-state index is 10.7. The number of benzene rings is 1. The number of ether oxygens (including phenoxy) is 1. The molecule has 100 valence electrons. The highest BCUT2D eigenvalue weighted by molar-refractivity contribution is 5.85. The van der Waals surface area contributed by atoms with E-state index in [0.29, 0.717) is 18.0 Å². The van der Waals surface area contributed by atoms with Crippen molar-refractivity contribution in [2.45, 2.75) is 13.3 Å². The molecule has 0 saturated heterocycles. The Kier molecular flexibility index (Phi) is 5.45. The van der Waals surface area contributed by atoms with Gasteiger partial charge in [-0.3, -0.25) is 5.32 Å². The molecule has 0 heterocycles. The molecular formula is C13H20N2O3. The third-order valence-electron chi connectivity index (χ3n) is 2.38. The first-order valence-electron chi connectivity index (χ1n) is 5.87. The predicted octanol–water partition coefficient (Wildman–Crippen LogP) is 2.42. The Morgan fingerprint density at radius 1 is 1.44 bits per heavy atom. The van der Waals surface area contributed by atoms with Gasteiger partial charge in [0.15, 0.2) is 0 Å². The summed E-state index contributed by atoms with van der Waals surface area (Å²) < 4.78 is 5.59. The second kappa shape index (κ2) is 6.86. The Balaban J connectivity index is 2.60. The first-order chi connectivity index (χ1) is 8.49. The highest BCUT2D eigenvalue weighted by Crippen LogP contribution is 2.25. The van der Waals surface area contributed by atoms with Crippen molar-refractivity contribution in [1.29, 1.82) is 0 Å². The molecular weight excluding hydrogens is 232 g/mol. The van der Waals surface area contributed by atoms with Gasteiger partial charge in [-0.05, 0) is 45.1 Å². The zero-order valence-corrected chi connectivity index (χ0v) is 11.1. The molecule has 0 fully saturated rings. The summed E-state index contributed by atoms with van der Waals surface area (Å²) in [5.74, 6) is 0.571. The predicted molar refractivity (Wildman–Crippen MR) is 71.5 cm³/mol. The highest BCUT2D eigenvalue weighted by atomic mass is 16.5. The van der Waals surface area contributed by atoms with E-state index in [1.165, 1.54) is 0 Å². The van der Waals surface area contributed by atoms with E-state index in [-0.39, 0.29) is 0 Å². The number of carbonyl (C=O) groups is 1. The standard InChI is InChI=1S/C13H20N2O3/c1-10-5-6-12(11(9-10)14-13(16)17)18-8-4-7-15(2)3/h5-6,9,14H,4,7-8H2,1-3H3,(H,16,17). The van der Waals surface area contributed by atoms with Gasteiger partial charge < -0.3 is 14.7 Å². The van der Waals surface area contributed by atoms with Crippen LogP contribution >= 0.6 is 0 Å². The number of amides is 1. The molecule has 1 aromatic rings. The van der Waals surface area contributed by atoms with E-state index in [1.54, 1.807) is 12.1 Å². The van der Waals surface area contributed by atoms with Crippen LogP contribution in [0.5, 0.6) is 5.75 Å². The Hall–Kier alpha value is -1.75. The molecule has 2 N–H and O–H groups in total. The summed E-state index contributed by atoms with van der Waals surface area (Å²) in [6.07, 6.45) is -0.188. The molecule has 0 aliphatic carbocycles. The number of carboxylic acid groups (broad SMARTS) is 1. The van der Waals surface area contributed by atoms with Gasteiger partial charge in [-0.15, -0.1) is 0 Å². The number of aryl methyl sites for hydroxylation is 1. The van der Waals surface area contributed by atoms with Crippen molar-refractivity contribution in [3.05, 3.63) is 23.8 Å². The minimum absolute atomic E-state index is 0.493. The van der Waals surface area contributed by atoms with E-state index < -0.39 is 6.09 Å². The van der Waals surface area contributed by atoms with Crippen LogP contribution in [-0.2, 0) is 0 Å². The summed E-state index contributed by atoms with van der Waals surface area (Å²) in [4.78, 5) is 12.8. The largest absolute Gasteiger partial charge is 0.491 e. The summed E-state index contributed by atoms with van der Waals surface area (Å²) in [6, 6.07) is 5.44. The smallest absolute Gasteiger partial charge is 0.409 e. The summed E-state index contributed by atoms with van der Waals surface area (Å²) >= 11 is 0. The fraction of sp³-hybridized carbons (Fsp3) is 0.462. The van der Waals surface area contributed by atoms with Crippen LogP contribution in [0.3, 0.4) is 0 Å². The summed E-state index contributed by atoms with van der Waals surface area (Å²) in [7, 11) is 4.01. The zero-order valence-electron chi connectivity index (χ0n) is 11.1. The molecule has 1 amide bonds. The van der Waals surface area contributed by atoms with E-state index >= 15 is 0 Å². The van der Waals surface area contributed by atoms with Gasteiger partial charge in [-0.1, -0.05) is 6.07 Å². The van der Waals surface area contributed by atoms with Crippen molar-refractivity contribution in [2.75, 3.05) is 32.6 Å². The van der Waals surface area contributed by atoms with Crippen LogP contribution in [-0.4, -0.2) is 43.3 Å². The van der Waals surface area contributed by atoms with E-state index in [2.05, 4.69) is 10.2 Å². The van der Waals surface area contributed by atoms with Gasteiger partial charge in [0.2, 0.25) is 0 Å². The maximum atomic E-state index is 10.7. The molecule has 1 aromatic carbocycles. The lowest BCUT2D eigenvalue weighted by molar-refractivity contribution is 0.209. The number of nitrogens with zero attached hydrogens (tertiary/aromatic N) is 1. The molecule has 0 saturated carbocycles. The Bertz CT molecular complexity index is 405. The van der Waals surface area contributed by atoms with Gasteiger partial charge in [-0.25, -0.2) is 4.79 Å². The molecule has 1 rings (SSSR count). The fourth-order valence-electron chi connectivity index (χ4n) is 1.55. The molecule has 0 aromatic heterocycles. The quantitative estimate of drug-likeness (QED) is 0.763.